The topological polar surface area (TPSA) is 57.4 Å². The van der Waals surface area contributed by atoms with Gasteiger partial charge in [0.2, 0.25) is 0 Å². The lowest BCUT2D eigenvalue weighted by Gasteiger charge is -2.27. The summed E-state index contributed by atoms with van der Waals surface area (Å²) in [5.41, 5.74) is 18.8. The van der Waals surface area contributed by atoms with Gasteiger partial charge in [-0.2, -0.15) is 10.5 Å². The van der Waals surface area contributed by atoms with Crippen LogP contribution in [0.1, 0.15) is 22.3 Å². The first kappa shape index (κ1) is 36.6. The standard InChI is InChI=1S/C58H38N4/c1-37-55(43-25-21-39(35-59)22-26-43)57(61-51-19-11-9-17-47(51)48-18-10-12-20-52(48)61)38(2)58(56(37)44-27-23-40(36-60)24-28-44)62-53-31-29-45(41-13-5-3-6-14-41)33-49(53)50-34-46(30-32-54(50)62)42-15-7-4-8-16-42/h3-34H,1-2H3. The van der Waals surface area contributed by atoms with Gasteiger partial charge >= 0.3 is 0 Å². The Labute approximate surface area is 360 Å². The molecule has 0 N–H and O–H groups in total. The van der Waals surface area contributed by atoms with E-state index >= 15 is 0 Å². The number of para-hydroxylation sites is 2. The normalized spacial score (nSPS) is 11.4. The number of benzene rings is 9. The Hall–Kier alpha value is -8.44. The molecular weight excluding hydrogens is 753 g/mol. The molecule has 0 aliphatic carbocycles. The average molecular weight is 791 g/mol. The maximum atomic E-state index is 9.92. The largest absolute Gasteiger partial charge is 0.308 e. The van der Waals surface area contributed by atoms with E-state index < -0.39 is 0 Å². The summed E-state index contributed by atoms with van der Waals surface area (Å²) in [5, 5.41) is 24.5. The summed E-state index contributed by atoms with van der Waals surface area (Å²) in [6, 6.07) is 72.9. The van der Waals surface area contributed by atoms with Gasteiger partial charge in [0.1, 0.15) is 0 Å². The zero-order valence-corrected chi connectivity index (χ0v) is 34.3. The van der Waals surface area contributed by atoms with Gasteiger partial charge in [-0.25, -0.2) is 0 Å². The van der Waals surface area contributed by atoms with E-state index in [1.165, 1.54) is 21.9 Å². The Kier molecular flexibility index (Phi) is 8.67. The minimum atomic E-state index is 0.609. The summed E-state index contributed by atoms with van der Waals surface area (Å²) in [5.74, 6) is 0. The first-order chi connectivity index (χ1) is 30.5. The molecule has 2 heterocycles. The van der Waals surface area contributed by atoms with Crippen molar-refractivity contribution in [2.75, 3.05) is 0 Å². The van der Waals surface area contributed by atoms with Crippen LogP contribution in [0.5, 0.6) is 0 Å². The Bertz CT molecular complexity index is 3480. The molecule has 290 valence electrons. The SMILES string of the molecule is Cc1c(-c2ccc(C#N)cc2)c(-n2c3ccccc3c3ccccc32)c(C)c(-n2c3ccc(-c4ccccc4)cc3c3cc(-c4ccccc4)ccc32)c1-c1ccc(C#N)cc1. The third kappa shape index (κ3) is 5.74. The van der Waals surface area contributed by atoms with Crippen LogP contribution in [0.2, 0.25) is 0 Å². The first-order valence-corrected chi connectivity index (χ1v) is 20.9. The summed E-state index contributed by atoms with van der Waals surface area (Å²) in [6.07, 6.45) is 0. The number of nitrogens with zero attached hydrogens (tertiary/aromatic N) is 4. The maximum absolute atomic E-state index is 9.92. The van der Waals surface area contributed by atoms with Gasteiger partial charge in [0.15, 0.2) is 0 Å². The minimum Gasteiger partial charge on any atom is -0.308 e. The van der Waals surface area contributed by atoms with E-state index in [2.05, 4.69) is 205 Å². The predicted octanol–water partition coefficient (Wildman–Crippen LogP) is 14.9. The Morgan fingerprint density at radius 3 is 1.08 bits per heavy atom. The van der Waals surface area contributed by atoms with E-state index in [-0.39, 0.29) is 0 Å². The summed E-state index contributed by atoms with van der Waals surface area (Å²) in [7, 11) is 0. The van der Waals surface area contributed by atoms with Crippen LogP contribution in [0.25, 0.3) is 99.5 Å². The molecule has 0 fully saturated rings. The molecule has 9 aromatic carbocycles. The molecule has 11 aromatic rings. The van der Waals surface area contributed by atoms with Gasteiger partial charge in [0.25, 0.3) is 0 Å². The highest BCUT2D eigenvalue weighted by atomic mass is 15.0. The van der Waals surface area contributed by atoms with Crippen LogP contribution < -0.4 is 0 Å². The lowest BCUT2D eigenvalue weighted by molar-refractivity contribution is 1.09. The molecule has 62 heavy (non-hydrogen) atoms. The van der Waals surface area contributed by atoms with Crippen molar-refractivity contribution in [3.8, 4) is 68.0 Å². The van der Waals surface area contributed by atoms with Crippen LogP contribution in [-0.4, -0.2) is 9.13 Å². The predicted molar refractivity (Wildman–Crippen MR) is 256 cm³/mol. The second-order valence-corrected chi connectivity index (χ2v) is 16.0. The van der Waals surface area contributed by atoms with Crippen LogP contribution in [0, 0.1) is 36.5 Å². The van der Waals surface area contributed by atoms with E-state index in [9.17, 15) is 10.5 Å². The van der Waals surface area contributed by atoms with Gasteiger partial charge in [-0.3, -0.25) is 0 Å². The fourth-order valence-corrected chi connectivity index (χ4v) is 9.70. The second kappa shape index (κ2) is 14.7. The van der Waals surface area contributed by atoms with Gasteiger partial charge in [-0.1, -0.05) is 133 Å². The van der Waals surface area contributed by atoms with Gasteiger partial charge in [-0.05, 0) is 119 Å². The third-order valence-electron chi connectivity index (χ3n) is 12.5. The Morgan fingerprint density at radius 1 is 0.323 bits per heavy atom. The van der Waals surface area contributed by atoms with E-state index in [0.29, 0.717) is 11.1 Å². The lowest BCUT2D eigenvalue weighted by Crippen LogP contribution is -2.10. The average Bonchev–Trinajstić information content (AvgIpc) is 3.84. The quantitative estimate of drug-likeness (QED) is 0.168. The number of fused-ring (bicyclic) bond motifs is 6. The zero-order valence-electron chi connectivity index (χ0n) is 34.3. The van der Waals surface area contributed by atoms with E-state index in [1.807, 2.05) is 24.3 Å². The highest BCUT2D eigenvalue weighted by molar-refractivity contribution is 6.14. The fraction of sp³-hybridized carbons (Fsp3) is 0.0345. The van der Waals surface area contributed by atoms with Crippen LogP contribution in [0.3, 0.4) is 0 Å². The first-order valence-electron chi connectivity index (χ1n) is 20.9. The molecule has 0 radical (unpaired) electrons. The van der Waals surface area contributed by atoms with E-state index in [1.54, 1.807) is 0 Å². The number of nitriles is 2. The summed E-state index contributed by atoms with van der Waals surface area (Å²) >= 11 is 0. The van der Waals surface area contributed by atoms with Crippen molar-refractivity contribution >= 4 is 43.6 Å². The molecule has 2 aromatic heterocycles. The summed E-state index contributed by atoms with van der Waals surface area (Å²) in [4.78, 5) is 0. The summed E-state index contributed by atoms with van der Waals surface area (Å²) < 4.78 is 4.92. The van der Waals surface area contributed by atoms with E-state index in [4.69, 9.17) is 0 Å². The zero-order chi connectivity index (χ0) is 41.9. The monoisotopic (exact) mass is 790 g/mol. The number of hydrogen-bond acceptors (Lipinski definition) is 2. The molecule has 0 amide bonds. The molecule has 0 aliphatic rings. The molecular formula is C58H38N4. The van der Waals surface area contributed by atoms with Crippen LogP contribution in [0.15, 0.2) is 194 Å². The molecule has 0 saturated carbocycles. The highest BCUT2D eigenvalue weighted by Gasteiger charge is 2.28. The molecule has 4 nitrogen and oxygen atoms in total. The maximum Gasteiger partial charge on any atom is 0.0991 e. The smallest absolute Gasteiger partial charge is 0.0991 e. The molecule has 0 bridgehead atoms. The third-order valence-corrected chi connectivity index (χ3v) is 12.5. The van der Waals surface area contributed by atoms with Crippen molar-refractivity contribution in [1.82, 2.24) is 9.13 Å². The minimum absolute atomic E-state index is 0.609. The molecule has 0 unspecified atom stereocenters. The Morgan fingerprint density at radius 2 is 0.677 bits per heavy atom. The summed E-state index contributed by atoms with van der Waals surface area (Å²) in [6.45, 7) is 4.50. The van der Waals surface area contributed by atoms with Crippen molar-refractivity contribution < 1.29 is 0 Å². The van der Waals surface area contributed by atoms with Crippen LogP contribution >= 0.6 is 0 Å². The van der Waals surface area contributed by atoms with Crippen molar-refractivity contribution in [3.05, 3.63) is 216 Å². The van der Waals surface area contributed by atoms with Crippen molar-refractivity contribution in [2.45, 2.75) is 13.8 Å². The van der Waals surface area contributed by atoms with Crippen LogP contribution in [-0.2, 0) is 0 Å². The lowest BCUT2D eigenvalue weighted by atomic mass is 9.86. The van der Waals surface area contributed by atoms with Crippen molar-refractivity contribution in [3.63, 3.8) is 0 Å². The number of rotatable bonds is 6. The highest BCUT2D eigenvalue weighted by Crippen LogP contribution is 2.49. The van der Waals surface area contributed by atoms with Crippen molar-refractivity contribution in [1.29, 1.82) is 10.5 Å². The van der Waals surface area contributed by atoms with Gasteiger partial charge in [-0.15, -0.1) is 0 Å². The number of hydrogen-bond donors (Lipinski definition) is 0. The molecule has 0 atom stereocenters. The molecule has 4 heteroatoms. The second-order valence-electron chi connectivity index (χ2n) is 16.0. The van der Waals surface area contributed by atoms with Gasteiger partial charge < -0.3 is 9.13 Å². The molecule has 0 saturated heterocycles. The van der Waals surface area contributed by atoms with Crippen LogP contribution in [0.4, 0.5) is 0 Å². The Balaban J connectivity index is 1.34. The molecule has 0 spiro atoms. The fourth-order valence-electron chi connectivity index (χ4n) is 9.70. The number of aromatic nitrogens is 2. The molecule has 0 aliphatic heterocycles. The van der Waals surface area contributed by atoms with Gasteiger partial charge in [0, 0.05) is 32.7 Å². The van der Waals surface area contributed by atoms with Crippen molar-refractivity contribution in [2.24, 2.45) is 0 Å². The van der Waals surface area contributed by atoms with E-state index in [0.717, 1.165) is 88.7 Å². The molecule has 11 rings (SSSR count). The van der Waals surface area contributed by atoms with Gasteiger partial charge in [0.05, 0.1) is 56.7 Å².